The van der Waals surface area contributed by atoms with Crippen LogP contribution in [0, 0.1) is 12.7 Å². The number of carbonyl (C=O) groups is 7. The summed E-state index contributed by atoms with van der Waals surface area (Å²) in [5, 5.41) is 7.17. The van der Waals surface area contributed by atoms with Gasteiger partial charge in [-0.15, -0.1) is 23.1 Å². The maximum Gasteiger partial charge on any atom is 0.263 e. The van der Waals surface area contributed by atoms with Gasteiger partial charge in [-0.2, -0.15) is 0 Å². The number of nitrogens with zero attached hydrogens (tertiary/aromatic N) is 6. The van der Waals surface area contributed by atoms with E-state index in [9.17, 15) is 38.0 Å². The molecule has 0 saturated carbocycles. The molecule has 5 aliphatic rings. The van der Waals surface area contributed by atoms with Crippen LogP contribution in [0.25, 0.3) is 0 Å². The Morgan fingerprint density at radius 3 is 2.27 bits per heavy atom. The van der Waals surface area contributed by atoms with Crippen molar-refractivity contribution in [2.45, 2.75) is 62.2 Å². The minimum Gasteiger partial charge on any atom is -0.378 e. The summed E-state index contributed by atoms with van der Waals surface area (Å²) in [4.78, 5) is 105. The van der Waals surface area contributed by atoms with Crippen molar-refractivity contribution in [3.8, 4) is 0 Å². The van der Waals surface area contributed by atoms with Gasteiger partial charge in [-0.3, -0.25) is 54.0 Å². The summed E-state index contributed by atoms with van der Waals surface area (Å²) in [7, 11) is 0. The van der Waals surface area contributed by atoms with Crippen LogP contribution in [0.3, 0.4) is 0 Å². The summed E-state index contributed by atoms with van der Waals surface area (Å²) in [6.07, 6.45) is 3.62. The molecule has 22 heteroatoms. The molecule has 2 unspecified atom stereocenters. The second-order valence-corrected chi connectivity index (χ2v) is 20.5. The molecule has 6 heterocycles. The van der Waals surface area contributed by atoms with E-state index in [4.69, 9.17) is 18.9 Å². The van der Waals surface area contributed by atoms with E-state index in [0.717, 1.165) is 55.2 Å². The summed E-state index contributed by atoms with van der Waals surface area (Å²) in [5.74, 6) is -2.88. The lowest BCUT2D eigenvalue weighted by atomic mass is 9.99. The van der Waals surface area contributed by atoms with E-state index in [1.165, 1.54) is 40.1 Å². The Bertz CT molecular complexity index is 2730. The number of thioether (sulfide) groups is 1. The molecular weight excluding hydrogens is 996 g/mol. The van der Waals surface area contributed by atoms with Crippen molar-refractivity contribution in [3.63, 3.8) is 0 Å². The number of aromatic nitrogens is 1. The van der Waals surface area contributed by atoms with Crippen LogP contribution in [0.1, 0.15) is 79.5 Å². The number of benzene rings is 3. The first-order valence-corrected chi connectivity index (χ1v) is 26.8. The molecular formula is C52H59FN8O11S2. The molecule has 2 atom stereocenters. The fourth-order valence-corrected chi connectivity index (χ4v) is 11.6. The highest BCUT2D eigenvalue weighted by Crippen LogP contribution is 2.38. The monoisotopic (exact) mass is 1050 g/mol. The van der Waals surface area contributed by atoms with Crippen LogP contribution in [0.5, 0.6) is 0 Å². The van der Waals surface area contributed by atoms with E-state index in [1.807, 2.05) is 23.1 Å². The van der Waals surface area contributed by atoms with Crippen molar-refractivity contribution < 1.29 is 56.9 Å². The molecule has 0 bridgehead atoms. The predicted octanol–water partition coefficient (Wildman–Crippen LogP) is 4.30. The quantitative estimate of drug-likeness (QED) is 0.0639. The van der Waals surface area contributed by atoms with Crippen LogP contribution in [0.4, 0.5) is 15.2 Å². The Labute approximate surface area is 436 Å². The molecule has 3 saturated heterocycles. The number of rotatable bonds is 22. The van der Waals surface area contributed by atoms with Gasteiger partial charge in [0.25, 0.3) is 23.6 Å². The fraction of sp³-hybridized carbons (Fsp3) is 0.462. The number of ether oxygens (including phenoxy) is 4. The van der Waals surface area contributed by atoms with Gasteiger partial charge in [-0.25, -0.2) is 9.37 Å². The number of carbonyl (C=O) groups excluding carboxylic acids is 7. The van der Waals surface area contributed by atoms with E-state index in [1.54, 1.807) is 42.8 Å². The number of hydrogen-bond donors (Lipinski definition) is 2. The third kappa shape index (κ3) is 12.2. The predicted molar refractivity (Wildman–Crippen MR) is 271 cm³/mol. The lowest BCUT2D eigenvalue weighted by molar-refractivity contribution is -0.139. The highest BCUT2D eigenvalue weighted by atomic mass is 32.2. The van der Waals surface area contributed by atoms with Crippen molar-refractivity contribution in [1.29, 1.82) is 0 Å². The lowest BCUT2D eigenvalue weighted by Gasteiger charge is -2.43. The van der Waals surface area contributed by atoms with Gasteiger partial charge in [-0.05, 0) is 79.3 Å². The fourth-order valence-electron chi connectivity index (χ4n) is 10.1. The molecule has 7 amide bonds. The topological polar surface area (TPSA) is 210 Å². The van der Waals surface area contributed by atoms with Crippen LogP contribution >= 0.6 is 23.1 Å². The largest absolute Gasteiger partial charge is 0.378 e. The van der Waals surface area contributed by atoms with Crippen molar-refractivity contribution in [1.82, 2.24) is 29.9 Å². The SMILES string of the molecule is Cc1ccc(F)cc1C(C(=O)Nc1nccs1)N1Cc2ccc(N3CCC(N4CCN(C(=O)COCCOCCOCCOCCSc5cccc6c5C(=O)N(C5CCC(=O)NC5=O)C6=O)CC4)CC3)cc2C1=O. The molecule has 1 aromatic heterocycles. The summed E-state index contributed by atoms with van der Waals surface area (Å²) in [6.45, 7) is 8.88. The van der Waals surface area contributed by atoms with Crippen LogP contribution in [-0.4, -0.2) is 176 Å². The normalized spacial score (nSPS) is 18.8. The van der Waals surface area contributed by atoms with Gasteiger partial charge in [-0.1, -0.05) is 18.2 Å². The molecule has 5 aliphatic heterocycles. The van der Waals surface area contributed by atoms with Gasteiger partial charge in [0.1, 0.15) is 24.5 Å². The number of fused-ring (bicyclic) bond motifs is 2. The standard InChI is InChI=1S/C52H59FN8O11S2/c1-33-5-7-35(53)29-39(33)46(48(65)56-52-54-13-27-74-52)60-31-34-6-8-37(30-40(34)49(60)66)57-14-11-36(12-15-57)58-16-18-59(19-17-58)44(63)32-72-25-24-70-21-20-69-22-23-71-26-28-73-42-4-2-3-38-45(42)51(68)61(50(38)67)41-9-10-43(62)55-47(41)64/h2-8,13,27,29-30,36,41,46H,9-12,14-26,28,31-32H2,1H3,(H,54,56,65)(H,55,62,64). The zero-order valence-electron chi connectivity index (χ0n) is 41.1. The number of piperazine rings is 1. The van der Waals surface area contributed by atoms with Crippen LogP contribution in [0.2, 0.25) is 0 Å². The molecule has 392 valence electrons. The number of nitrogens with one attached hydrogen (secondary N) is 2. The lowest BCUT2D eigenvalue weighted by Crippen LogP contribution is -2.54. The van der Waals surface area contributed by atoms with Crippen molar-refractivity contribution >= 4 is 75.3 Å². The zero-order valence-corrected chi connectivity index (χ0v) is 42.7. The minimum atomic E-state index is -1.05. The Hall–Kier alpha value is -6.14. The van der Waals surface area contributed by atoms with Gasteiger partial charge in [0.05, 0.1) is 57.4 Å². The van der Waals surface area contributed by atoms with Gasteiger partial charge in [0.15, 0.2) is 5.13 Å². The molecule has 19 nitrogen and oxygen atoms in total. The number of amides is 7. The molecule has 0 spiro atoms. The maximum atomic E-state index is 14.6. The van der Waals surface area contributed by atoms with Crippen molar-refractivity contribution in [3.05, 3.63) is 105 Å². The molecule has 3 fully saturated rings. The Balaban J connectivity index is 0.612. The van der Waals surface area contributed by atoms with E-state index in [2.05, 4.69) is 25.4 Å². The van der Waals surface area contributed by atoms with Gasteiger partial charge < -0.3 is 33.6 Å². The molecule has 74 heavy (non-hydrogen) atoms. The molecule has 3 aromatic carbocycles. The van der Waals surface area contributed by atoms with E-state index in [0.29, 0.717) is 91.2 Å². The number of piperidine rings is 2. The first kappa shape index (κ1) is 52.7. The molecule has 0 radical (unpaired) electrons. The third-order valence-electron chi connectivity index (χ3n) is 14.0. The van der Waals surface area contributed by atoms with Crippen molar-refractivity contribution in [2.24, 2.45) is 0 Å². The third-order valence-corrected chi connectivity index (χ3v) is 15.7. The average Bonchev–Trinajstić information content (AvgIpc) is 4.11. The summed E-state index contributed by atoms with van der Waals surface area (Å²) in [5.41, 5.74) is 3.94. The van der Waals surface area contributed by atoms with E-state index in [-0.39, 0.29) is 55.5 Å². The zero-order chi connectivity index (χ0) is 51.7. The van der Waals surface area contributed by atoms with Gasteiger partial charge >= 0.3 is 0 Å². The van der Waals surface area contributed by atoms with Crippen LogP contribution in [0.15, 0.2) is 71.1 Å². The van der Waals surface area contributed by atoms with Gasteiger partial charge in [0, 0.05) is 91.8 Å². The second-order valence-electron chi connectivity index (χ2n) is 18.5. The van der Waals surface area contributed by atoms with Crippen LogP contribution in [-0.2, 0) is 44.7 Å². The number of imide groups is 2. The minimum absolute atomic E-state index is 0.0121. The molecule has 4 aromatic rings. The smallest absolute Gasteiger partial charge is 0.263 e. The number of hydrogen-bond acceptors (Lipinski definition) is 16. The second kappa shape index (κ2) is 24.5. The van der Waals surface area contributed by atoms with Crippen LogP contribution < -0.4 is 15.5 Å². The molecule has 2 N–H and O–H groups in total. The first-order chi connectivity index (χ1) is 35.9. The molecule has 0 aliphatic carbocycles. The number of anilines is 2. The molecule has 9 rings (SSSR count). The summed E-state index contributed by atoms with van der Waals surface area (Å²) < 4.78 is 37.1. The maximum absolute atomic E-state index is 14.6. The number of aryl methyl sites for hydroxylation is 1. The summed E-state index contributed by atoms with van der Waals surface area (Å²) in [6, 6.07) is 13.5. The van der Waals surface area contributed by atoms with E-state index >= 15 is 0 Å². The Kier molecular flexibility index (Phi) is 17.4. The average molecular weight is 1060 g/mol. The summed E-state index contributed by atoms with van der Waals surface area (Å²) >= 11 is 2.65. The Morgan fingerprint density at radius 1 is 0.824 bits per heavy atom. The number of thiazole rings is 1. The first-order valence-electron chi connectivity index (χ1n) is 24.9. The highest BCUT2D eigenvalue weighted by Gasteiger charge is 2.46. The number of halogens is 1. The Morgan fingerprint density at radius 2 is 1.55 bits per heavy atom. The highest BCUT2D eigenvalue weighted by molar-refractivity contribution is 7.99. The van der Waals surface area contributed by atoms with Crippen molar-refractivity contribution in [2.75, 3.05) is 108 Å². The van der Waals surface area contributed by atoms with E-state index < -0.39 is 47.4 Å². The van der Waals surface area contributed by atoms with Gasteiger partial charge in [0.2, 0.25) is 17.7 Å².